The van der Waals surface area contributed by atoms with Crippen molar-refractivity contribution in [2.24, 2.45) is 5.73 Å². The van der Waals surface area contributed by atoms with Gasteiger partial charge in [0.2, 0.25) is 5.91 Å². The lowest BCUT2D eigenvalue weighted by Crippen LogP contribution is -2.18. The molecule has 1 aromatic rings. The molecule has 1 amide bonds. The Hall–Kier alpha value is -1.08. The summed E-state index contributed by atoms with van der Waals surface area (Å²) in [5, 5.41) is 0. The number of sulfone groups is 1. The van der Waals surface area contributed by atoms with Crippen LogP contribution in [0.5, 0.6) is 0 Å². The molecule has 5 nitrogen and oxygen atoms in total. The highest BCUT2D eigenvalue weighted by molar-refractivity contribution is 9.10. The maximum atomic E-state index is 11.8. The van der Waals surface area contributed by atoms with Gasteiger partial charge in [0.15, 0.2) is 9.84 Å². The number of nitrogen functional groups attached to an aromatic ring is 1. The number of primary amides is 1. The Morgan fingerprint density at radius 3 is 2.50 bits per heavy atom. The SMILES string of the molecule is NC(=O)CCS(=O)(=O)c1ccc(Br)cc1N. The Morgan fingerprint density at radius 2 is 2.00 bits per heavy atom. The molecule has 0 fully saturated rings. The summed E-state index contributed by atoms with van der Waals surface area (Å²) in [6.07, 6.45) is -0.210. The molecule has 0 aromatic heterocycles. The fourth-order valence-corrected chi connectivity index (χ4v) is 2.91. The van der Waals surface area contributed by atoms with Crippen molar-refractivity contribution in [3.8, 4) is 0 Å². The second kappa shape index (κ2) is 4.84. The Morgan fingerprint density at radius 1 is 1.38 bits per heavy atom. The minimum absolute atomic E-state index is 0.0250. The number of anilines is 1. The standard InChI is InChI=1S/C9H11BrN2O3S/c10-6-1-2-8(7(11)5-6)16(14,15)4-3-9(12)13/h1-2,5H,3-4,11H2,(H2,12,13). The summed E-state index contributed by atoms with van der Waals surface area (Å²) in [5.41, 5.74) is 10.6. The number of halogens is 1. The molecule has 0 heterocycles. The molecule has 0 bridgehead atoms. The van der Waals surface area contributed by atoms with Gasteiger partial charge in [-0.25, -0.2) is 8.42 Å². The number of benzene rings is 1. The molecule has 0 saturated heterocycles. The number of carbonyl (C=O) groups is 1. The first-order valence-corrected chi connectivity index (χ1v) is 6.83. The Bertz CT molecular complexity index is 513. The number of nitrogens with two attached hydrogens (primary N) is 2. The van der Waals surface area contributed by atoms with E-state index < -0.39 is 15.7 Å². The summed E-state index contributed by atoms with van der Waals surface area (Å²) in [4.78, 5) is 10.6. The van der Waals surface area contributed by atoms with Gasteiger partial charge in [0.25, 0.3) is 0 Å². The lowest BCUT2D eigenvalue weighted by Gasteiger charge is -2.06. The first kappa shape index (κ1) is 13.0. The van der Waals surface area contributed by atoms with E-state index in [0.29, 0.717) is 4.47 Å². The van der Waals surface area contributed by atoms with Gasteiger partial charge in [0, 0.05) is 10.9 Å². The van der Waals surface area contributed by atoms with Crippen molar-refractivity contribution >= 4 is 37.4 Å². The molecule has 0 aliphatic heterocycles. The maximum absolute atomic E-state index is 11.8. The third-order valence-electron chi connectivity index (χ3n) is 1.92. The fraction of sp³-hybridized carbons (Fsp3) is 0.222. The number of amides is 1. The van der Waals surface area contributed by atoms with E-state index >= 15 is 0 Å². The zero-order valence-corrected chi connectivity index (χ0v) is 10.7. The highest BCUT2D eigenvalue weighted by Gasteiger charge is 2.18. The van der Waals surface area contributed by atoms with Crippen LogP contribution in [0.2, 0.25) is 0 Å². The molecule has 0 radical (unpaired) electrons. The average molecular weight is 307 g/mol. The van der Waals surface area contributed by atoms with Gasteiger partial charge in [-0.2, -0.15) is 0 Å². The van der Waals surface area contributed by atoms with Crippen molar-refractivity contribution in [1.29, 1.82) is 0 Å². The zero-order valence-electron chi connectivity index (χ0n) is 8.31. The second-order valence-electron chi connectivity index (χ2n) is 3.22. The molecular formula is C9H11BrN2O3S. The van der Waals surface area contributed by atoms with E-state index in [1.54, 1.807) is 6.07 Å². The van der Waals surface area contributed by atoms with Crippen molar-refractivity contribution in [1.82, 2.24) is 0 Å². The summed E-state index contributed by atoms with van der Waals surface area (Å²) in [7, 11) is -3.55. The van der Waals surface area contributed by atoms with Crippen molar-refractivity contribution in [2.75, 3.05) is 11.5 Å². The van der Waals surface area contributed by atoms with Gasteiger partial charge >= 0.3 is 0 Å². The first-order valence-electron chi connectivity index (χ1n) is 4.39. The molecule has 1 rings (SSSR count). The molecule has 0 aliphatic rings. The van der Waals surface area contributed by atoms with E-state index in [2.05, 4.69) is 15.9 Å². The monoisotopic (exact) mass is 306 g/mol. The molecular weight excluding hydrogens is 296 g/mol. The molecule has 7 heteroatoms. The Balaban J connectivity index is 3.03. The molecule has 0 saturated carbocycles. The molecule has 16 heavy (non-hydrogen) atoms. The van der Waals surface area contributed by atoms with E-state index in [9.17, 15) is 13.2 Å². The van der Waals surface area contributed by atoms with Gasteiger partial charge in [-0.15, -0.1) is 0 Å². The summed E-state index contributed by atoms with van der Waals surface area (Å²) >= 11 is 3.18. The van der Waals surface area contributed by atoms with Gasteiger partial charge in [0.05, 0.1) is 16.3 Å². The number of hydrogen-bond acceptors (Lipinski definition) is 4. The van der Waals surface area contributed by atoms with Crippen molar-refractivity contribution in [2.45, 2.75) is 11.3 Å². The number of rotatable bonds is 4. The summed E-state index contributed by atoms with van der Waals surface area (Å²) in [6, 6.07) is 4.47. The summed E-state index contributed by atoms with van der Waals surface area (Å²) in [6.45, 7) is 0. The van der Waals surface area contributed by atoms with E-state index in [1.807, 2.05) is 0 Å². The summed E-state index contributed by atoms with van der Waals surface area (Å²) in [5.74, 6) is -0.979. The average Bonchev–Trinajstić information content (AvgIpc) is 2.14. The van der Waals surface area contributed by atoms with Gasteiger partial charge in [0.1, 0.15) is 0 Å². The van der Waals surface area contributed by atoms with Crippen LogP contribution in [0.15, 0.2) is 27.6 Å². The molecule has 0 unspecified atom stereocenters. The third-order valence-corrected chi connectivity index (χ3v) is 4.20. The van der Waals surface area contributed by atoms with Crippen molar-refractivity contribution in [3.05, 3.63) is 22.7 Å². The minimum Gasteiger partial charge on any atom is -0.398 e. The van der Waals surface area contributed by atoms with Crippen LogP contribution in [-0.2, 0) is 14.6 Å². The molecule has 0 spiro atoms. The zero-order chi connectivity index (χ0) is 12.3. The van der Waals surface area contributed by atoms with Crippen LogP contribution in [-0.4, -0.2) is 20.1 Å². The fourth-order valence-electron chi connectivity index (χ4n) is 1.15. The molecule has 1 aromatic carbocycles. The number of hydrogen-bond donors (Lipinski definition) is 2. The van der Waals surface area contributed by atoms with E-state index in [-0.39, 0.29) is 22.8 Å². The number of carbonyl (C=O) groups excluding carboxylic acids is 1. The highest BCUT2D eigenvalue weighted by atomic mass is 79.9. The third kappa shape index (κ3) is 3.21. The van der Waals surface area contributed by atoms with E-state index in [4.69, 9.17) is 11.5 Å². The smallest absolute Gasteiger partial charge is 0.218 e. The lowest BCUT2D eigenvalue weighted by atomic mass is 10.3. The van der Waals surface area contributed by atoms with Gasteiger partial charge < -0.3 is 11.5 Å². The maximum Gasteiger partial charge on any atom is 0.218 e. The molecule has 4 N–H and O–H groups in total. The van der Waals surface area contributed by atoms with E-state index in [0.717, 1.165) is 0 Å². The highest BCUT2D eigenvalue weighted by Crippen LogP contribution is 2.23. The lowest BCUT2D eigenvalue weighted by molar-refractivity contribution is -0.117. The van der Waals surface area contributed by atoms with Crippen LogP contribution >= 0.6 is 15.9 Å². The van der Waals surface area contributed by atoms with Crippen LogP contribution < -0.4 is 11.5 Å². The predicted molar refractivity (Wildman–Crippen MR) is 64.4 cm³/mol. The predicted octanol–water partition coefficient (Wildman–Crippen LogP) is 0.680. The van der Waals surface area contributed by atoms with Crippen molar-refractivity contribution < 1.29 is 13.2 Å². The first-order chi connectivity index (χ1) is 7.33. The minimum atomic E-state index is -3.55. The van der Waals surface area contributed by atoms with Crippen molar-refractivity contribution in [3.63, 3.8) is 0 Å². The quantitative estimate of drug-likeness (QED) is 0.798. The van der Waals surface area contributed by atoms with Crippen LogP contribution in [0.4, 0.5) is 5.69 Å². The van der Waals surface area contributed by atoms with Gasteiger partial charge in [-0.3, -0.25) is 4.79 Å². The van der Waals surface area contributed by atoms with E-state index in [1.165, 1.54) is 12.1 Å². The summed E-state index contributed by atoms with van der Waals surface area (Å²) < 4.78 is 24.2. The Kier molecular flexibility index (Phi) is 3.93. The van der Waals surface area contributed by atoms with Crippen LogP contribution in [0, 0.1) is 0 Å². The molecule has 0 aliphatic carbocycles. The van der Waals surface area contributed by atoms with Crippen LogP contribution in [0.3, 0.4) is 0 Å². The topological polar surface area (TPSA) is 103 Å². The molecule has 88 valence electrons. The van der Waals surface area contributed by atoms with Gasteiger partial charge in [-0.1, -0.05) is 15.9 Å². The molecule has 0 atom stereocenters. The van der Waals surface area contributed by atoms with Crippen LogP contribution in [0.1, 0.15) is 6.42 Å². The van der Waals surface area contributed by atoms with Gasteiger partial charge in [-0.05, 0) is 18.2 Å². The Labute approximate surface area is 102 Å². The normalized spacial score (nSPS) is 11.3. The second-order valence-corrected chi connectivity index (χ2v) is 6.21. The van der Waals surface area contributed by atoms with Crippen LogP contribution in [0.25, 0.3) is 0 Å². The largest absolute Gasteiger partial charge is 0.398 e.